The van der Waals surface area contributed by atoms with Crippen LogP contribution >= 0.6 is 11.6 Å². The van der Waals surface area contributed by atoms with Gasteiger partial charge in [-0.2, -0.15) is 0 Å². The molecular formula is C13H11ClO3. The van der Waals surface area contributed by atoms with Crippen LogP contribution < -0.4 is 0 Å². The third kappa shape index (κ3) is 2.63. The van der Waals surface area contributed by atoms with Crippen molar-refractivity contribution in [3.05, 3.63) is 52.5 Å². The average Bonchev–Trinajstić information content (AvgIpc) is 2.26. The topological polar surface area (TPSA) is 60.7 Å². The lowest BCUT2D eigenvalue weighted by Crippen LogP contribution is -1.89. The molecule has 2 aromatic carbocycles. The summed E-state index contributed by atoms with van der Waals surface area (Å²) in [6.45, 7) is 0. The number of halogens is 1. The minimum absolute atomic E-state index is 0.0553. The van der Waals surface area contributed by atoms with Crippen molar-refractivity contribution in [2.24, 2.45) is 0 Å². The molecule has 0 aliphatic heterocycles. The lowest BCUT2D eigenvalue weighted by molar-refractivity contribution is 0.395. The van der Waals surface area contributed by atoms with Gasteiger partial charge in [-0.1, -0.05) is 23.7 Å². The molecule has 2 aromatic rings. The number of aromatic hydroxyl groups is 3. The standard InChI is InChI=1S/C13H11ClO3/c14-10-3-1-2-8(5-10)4-9-6-12(16)13(17)7-11(9)15/h1-3,5-7,15-17H,4H2. The number of benzene rings is 2. The van der Waals surface area contributed by atoms with Crippen molar-refractivity contribution in [2.45, 2.75) is 6.42 Å². The van der Waals surface area contributed by atoms with Crippen molar-refractivity contribution < 1.29 is 15.3 Å². The van der Waals surface area contributed by atoms with E-state index in [1.54, 1.807) is 12.1 Å². The van der Waals surface area contributed by atoms with Crippen molar-refractivity contribution in [3.63, 3.8) is 0 Å². The predicted molar refractivity (Wildman–Crippen MR) is 65.7 cm³/mol. The van der Waals surface area contributed by atoms with E-state index >= 15 is 0 Å². The highest BCUT2D eigenvalue weighted by Gasteiger charge is 2.08. The second kappa shape index (κ2) is 4.55. The zero-order valence-corrected chi connectivity index (χ0v) is 9.65. The monoisotopic (exact) mass is 250 g/mol. The summed E-state index contributed by atoms with van der Waals surface area (Å²) >= 11 is 5.86. The fourth-order valence-electron chi connectivity index (χ4n) is 1.62. The van der Waals surface area contributed by atoms with Gasteiger partial charge < -0.3 is 15.3 Å². The maximum atomic E-state index is 9.64. The SMILES string of the molecule is Oc1cc(O)c(Cc2cccc(Cl)c2)cc1O. The molecule has 2 rings (SSSR count). The van der Waals surface area contributed by atoms with Gasteiger partial charge in [0.25, 0.3) is 0 Å². The molecule has 0 amide bonds. The number of phenolic OH excluding ortho intramolecular Hbond substituents is 3. The van der Waals surface area contributed by atoms with Crippen LogP contribution in [0.1, 0.15) is 11.1 Å². The Bertz CT molecular complexity index is 552. The predicted octanol–water partition coefficient (Wildman–Crippen LogP) is 3.05. The highest BCUT2D eigenvalue weighted by Crippen LogP contribution is 2.33. The van der Waals surface area contributed by atoms with Crippen LogP contribution in [0.25, 0.3) is 0 Å². The zero-order chi connectivity index (χ0) is 12.4. The smallest absolute Gasteiger partial charge is 0.161 e. The highest BCUT2D eigenvalue weighted by molar-refractivity contribution is 6.30. The van der Waals surface area contributed by atoms with Crippen molar-refractivity contribution in [1.29, 1.82) is 0 Å². The Labute approximate surface area is 104 Å². The van der Waals surface area contributed by atoms with Crippen LogP contribution in [0, 0.1) is 0 Å². The van der Waals surface area contributed by atoms with E-state index in [2.05, 4.69) is 0 Å². The molecule has 4 heteroatoms. The molecule has 17 heavy (non-hydrogen) atoms. The molecule has 0 aliphatic carbocycles. The second-order valence-electron chi connectivity index (χ2n) is 3.78. The maximum Gasteiger partial charge on any atom is 0.161 e. The molecule has 0 spiro atoms. The minimum Gasteiger partial charge on any atom is -0.508 e. The lowest BCUT2D eigenvalue weighted by atomic mass is 10.0. The molecular weight excluding hydrogens is 240 g/mol. The van der Waals surface area contributed by atoms with Crippen LogP contribution in [-0.4, -0.2) is 15.3 Å². The van der Waals surface area contributed by atoms with Gasteiger partial charge in [0, 0.05) is 23.1 Å². The van der Waals surface area contributed by atoms with E-state index in [1.165, 1.54) is 6.07 Å². The molecule has 0 unspecified atom stereocenters. The van der Waals surface area contributed by atoms with E-state index < -0.39 is 0 Å². The van der Waals surface area contributed by atoms with Crippen molar-refractivity contribution in [2.75, 3.05) is 0 Å². The second-order valence-corrected chi connectivity index (χ2v) is 4.21. The highest BCUT2D eigenvalue weighted by atomic mass is 35.5. The Kier molecular flexibility index (Phi) is 3.11. The lowest BCUT2D eigenvalue weighted by Gasteiger charge is -2.07. The van der Waals surface area contributed by atoms with Gasteiger partial charge in [-0.25, -0.2) is 0 Å². The molecule has 3 N–H and O–H groups in total. The molecule has 0 heterocycles. The Morgan fingerprint density at radius 1 is 0.882 bits per heavy atom. The normalized spacial score (nSPS) is 10.4. The summed E-state index contributed by atoms with van der Waals surface area (Å²) in [5.41, 5.74) is 1.44. The summed E-state index contributed by atoms with van der Waals surface area (Å²) in [6, 6.07) is 9.69. The summed E-state index contributed by atoms with van der Waals surface area (Å²) < 4.78 is 0. The third-order valence-electron chi connectivity index (χ3n) is 2.46. The fraction of sp³-hybridized carbons (Fsp3) is 0.0769. The summed E-state index contributed by atoms with van der Waals surface area (Å²) in [7, 11) is 0. The first-order valence-corrected chi connectivity index (χ1v) is 5.42. The van der Waals surface area contributed by atoms with Crippen LogP contribution in [0.4, 0.5) is 0 Å². The van der Waals surface area contributed by atoms with E-state index in [0.29, 0.717) is 17.0 Å². The summed E-state index contributed by atoms with van der Waals surface area (Å²) in [5.74, 6) is -0.641. The van der Waals surface area contributed by atoms with Gasteiger partial charge in [0.05, 0.1) is 0 Å². The molecule has 0 aliphatic rings. The van der Waals surface area contributed by atoms with Gasteiger partial charge in [0.1, 0.15) is 5.75 Å². The van der Waals surface area contributed by atoms with Crippen LogP contribution in [0.5, 0.6) is 17.2 Å². The molecule has 0 saturated carbocycles. The van der Waals surface area contributed by atoms with E-state index in [1.807, 2.05) is 12.1 Å². The molecule has 0 saturated heterocycles. The first kappa shape index (κ1) is 11.6. The first-order valence-electron chi connectivity index (χ1n) is 5.04. The molecule has 0 atom stereocenters. The summed E-state index contributed by atoms with van der Waals surface area (Å²) in [5, 5.41) is 28.8. The van der Waals surface area contributed by atoms with Crippen LogP contribution in [0.15, 0.2) is 36.4 Å². The molecule has 3 nitrogen and oxygen atoms in total. The van der Waals surface area contributed by atoms with E-state index in [0.717, 1.165) is 11.6 Å². The molecule has 88 valence electrons. The fourth-order valence-corrected chi connectivity index (χ4v) is 1.83. The van der Waals surface area contributed by atoms with Gasteiger partial charge in [0.2, 0.25) is 0 Å². The Morgan fingerprint density at radius 3 is 2.29 bits per heavy atom. The van der Waals surface area contributed by atoms with Gasteiger partial charge in [-0.3, -0.25) is 0 Å². The largest absolute Gasteiger partial charge is 0.508 e. The Hall–Kier alpha value is -1.87. The number of phenols is 3. The Morgan fingerprint density at radius 2 is 1.59 bits per heavy atom. The average molecular weight is 251 g/mol. The molecule has 0 bridgehead atoms. The van der Waals surface area contributed by atoms with Crippen LogP contribution in [0.2, 0.25) is 5.02 Å². The molecule has 0 fully saturated rings. The van der Waals surface area contributed by atoms with E-state index in [9.17, 15) is 15.3 Å². The van der Waals surface area contributed by atoms with E-state index in [4.69, 9.17) is 11.6 Å². The molecule has 0 radical (unpaired) electrons. The van der Waals surface area contributed by atoms with Gasteiger partial charge in [-0.15, -0.1) is 0 Å². The number of hydrogen-bond acceptors (Lipinski definition) is 3. The Balaban J connectivity index is 2.33. The van der Waals surface area contributed by atoms with Crippen LogP contribution in [-0.2, 0) is 6.42 Å². The zero-order valence-electron chi connectivity index (χ0n) is 8.89. The van der Waals surface area contributed by atoms with Crippen molar-refractivity contribution in [3.8, 4) is 17.2 Å². The first-order chi connectivity index (χ1) is 8.06. The van der Waals surface area contributed by atoms with Gasteiger partial charge in [-0.05, 0) is 23.8 Å². The van der Waals surface area contributed by atoms with Crippen LogP contribution in [0.3, 0.4) is 0 Å². The molecule has 0 aromatic heterocycles. The maximum absolute atomic E-state index is 9.64. The summed E-state index contributed by atoms with van der Waals surface area (Å²) in [4.78, 5) is 0. The number of rotatable bonds is 2. The van der Waals surface area contributed by atoms with Gasteiger partial charge >= 0.3 is 0 Å². The number of hydrogen-bond donors (Lipinski definition) is 3. The van der Waals surface area contributed by atoms with Crippen molar-refractivity contribution >= 4 is 11.6 Å². The van der Waals surface area contributed by atoms with E-state index in [-0.39, 0.29) is 17.2 Å². The van der Waals surface area contributed by atoms with Gasteiger partial charge in [0.15, 0.2) is 11.5 Å². The summed E-state index contributed by atoms with van der Waals surface area (Å²) in [6.07, 6.45) is 0.431. The quantitative estimate of drug-likeness (QED) is 0.567. The van der Waals surface area contributed by atoms with Crippen molar-refractivity contribution in [1.82, 2.24) is 0 Å². The minimum atomic E-state index is -0.336. The third-order valence-corrected chi connectivity index (χ3v) is 2.69.